The van der Waals surface area contributed by atoms with E-state index in [1.54, 1.807) is 12.1 Å². The molecule has 0 aliphatic heterocycles. The third kappa shape index (κ3) is 3.93. The normalized spacial score (nSPS) is 9.93. The molecule has 82 valence electrons. The Morgan fingerprint density at radius 1 is 1.47 bits per heavy atom. The van der Waals surface area contributed by atoms with Crippen LogP contribution < -0.4 is 5.32 Å². The highest BCUT2D eigenvalue weighted by molar-refractivity contribution is 5.85. The molecule has 1 rings (SSSR count). The summed E-state index contributed by atoms with van der Waals surface area (Å²) in [6, 6.07) is 4.73. The van der Waals surface area contributed by atoms with Crippen LogP contribution in [0.15, 0.2) is 18.2 Å². The summed E-state index contributed by atoms with van der Waals surface area (Å²) in [6.07, 6.45) is 1.21. The molecule has 1 aromatic heterocycles. The van der Waals surface area contributed by atoms with Gasteiger partial charge in [-0.2, -0.15) is 0 Å². The summed E-state index contributed by atoms with van der Waals surface area (Å²) in [6.45, 7) is 0.268. The van der Waals surface area contributed by atoms with Crippen LogP contribution in [0.4, 0.5) is 10.2 Å². The van der Waals surface area contributed by atoms with Crippen LogP contribution >= 0.6 is 0 Å². The van der Waals surface area contributed by atoms with E-state index in [1.165, 1.54) is 6.07 Å². The van der Waals surface area contributed by atoms with Crippen molar-refractivity contribution < 1.29 is 14.3 Å². The molecule has 0 saturated carbocycles. The Morgan fingerprint density at radius 3 is 2.93 bits per heavy atom. The monoisotopic (exact) mass is 212 g/mol. The van der Waals surface area contributed by atoms with Crippen LogP contribution in [0.2, 0.25) is 0 Å². The predicted octanol–water partition coefficient (Wildman–Crippen LogP) is 1.94. The van der Waals surface area contributed by atoms with E-state index in [0.717, 1.165) is 0 Å². The molecule has 0 spiro atoms. The average molecular weight is 212 g/mol. The molecular weight excluding hydrogens is 199 g/mol. The number of carbonyl (C=O) groups is 1. The van der Waals surface area contributed by atoms with Crippen LogP contribution in [0, 0.1) is 0 Å². The topological polar surface area (TPSA) is 62.2 Å². The number of aromatic carboxylic acids is 1. The van der Waals surface area contributed by atoms with Gasteiger partial charge in [0.05, 0.1) is 6.67 Å². The van der Waals surface area contributed by atoms with Crippen molar-refractivity contribution in [2.45, 2.75) is 12.8 Å². The minimum Gasteiger partial charge on any atom is -0.477 e. The molecule has 1 aromatic rings. The number of rotatable bonds is 6. The quantitative estimate of drug-likeness (QED) is 0.707. The fourth-order valence-corrected chi connectivity index (χ4v) is 1.09. The number of alkyl halides is 1. The lowest BCUT2D eigenvalue weighted by atomic mass is 10.3. The van der Waals surface area contributed by atoms with Crippen molar-refractivity contribution in [3.63, 3.8) is 0 Å². The lowest BCUT2D eigenvalue weighted by Gasteiger charge is -2.04. The van der Waals surface area contributed by atoms with Crippen molar-refractivity contribution in [3.05, 3.63) is 23.9 Å². The highest BCUT2D eigenvalue weighted by Crippen LogP contribution is 2.05. The van der Waals surface area contributed by atoms with Crippen LogP contribution in [0.1, 0.15) is 23.3 Å². The van der Waals surface area contributed by atoms with Crippen LogP contribution in [0.3, 0.4) is 0 Å². The molecular formula is C10H13FN2O2. The van der Waals surface area contributed by atoms with Crippen LogP contribution in [0.5, 0.6) is 0 Å². The van der Waals surface area contributed by atoms with Gasteiger partial charge in [-0.3, -0.25) is 4.39 Å². The van der Waals surface area contributed by atoms with E-state index in [4.69, 9.17) is 5.11 Å². The number of hydrogen-bond acceptors (Lipinski definition) is 3. The molecule has 0 saturated heterocycles. The van der Waals surface area contributed by atoms with E-state index in [2.05, 4.69) is 10.3 Å². The Hall–Kier alpha value is -1.65. The first kappa shape index (κ1) is 11.4. The molecule has 0 radical (unpaired) electrons. The molecule has 0 aliphatic carbocycles. The standard InChI is InChI=1S/C10H13FN2O2/c11-6-1-2-7-12-9-5-3-4-8(13-9)10(14)15/h3-5H,1-2,6-7H2,(H,12,13)(H,14,15). The number of nitrogens with one attached hydrogen (secondary N) is 1. The van der Waals surface area contributed by atoms with Gasteiger partial charge in [-0.15, -0.1) is 0 Å². The highest BCUT2D eigenvalue weighted by Gasteiger charge is 2.04. The summed E-state index contributed by atoms with van der Waals surface area (Å²) in [4.78, 5) is 14.5. The van der Waals surface area contributed by atoms with Crippen molar-refractivity contribution in [1.82, 2.24) is 4.98 Å². The fraction of sp³-hybridized carbons (Fsp3) is 0.400. The first-order valence-corrected chi connectivity index (χ1v) is 4.74. The third-order valence-electron chi connectivity index (χ3n) is 1.83. The summed E-state index contributed by atoms with van der Waals surface area (Å²) < 4.78 is 11.8. The molecule has 1 heterocycles. The fourth-order valence-electron chi connectivity index (χ4n) is 1.09. The van der Waals surface area contributed by atoms with Crippen LogP contribution in [-0.4, -0.2) is 29.3 Å². The summed E-state index contributed by atoms with van der Waals surface area (Å²) in [5.74, 6) is -0.545. The molecule has 5 heteroatoms. The van der Waals surface area contributed by atoms with Gasteiger partial charge in [0.15, 0.2) is 5.69 Å². The molecule has 2 N–H and O–H groups in total. The predicted molar refractivity (Wildman–Crippen MR) is 54.9 cm³/mol. The number of hydrogen-bond donors (Lipinski definition) is 2. The zero-order valence-corrected chi connectivity index (χ0v) is 8.24. The lowest BCUT2D eigenvalue weighted by molar-refractivity contribution is 0.0690. The van der Waals surface area contributed by atoms with Gasteiger partial charge in [-0.1, -0.05) is 6.07 Å². The Labute approximate surface area is 87.1 Å². The van der Waals surface area contributed by atoms with Gasteiger partial charge in [-0.25, -0.2) is 9.78 Å². The Balaban J connectivity index is 2.47. The second-order valence-corrected chi connectivity index (χ2v) is 3.04. The van der Waals surface area contributed by atoms with Gasteiger partial charge >= 0.3 is 5.97 Å². The first-order chi connectivity index (χ1) is 7.24. The maximum atomic E-state index is 11.8. The van der Waals surface area contributed by atoms with Gasteiger partial charge in [0.2, 0.25) is 0 Å². The van der Waals surface area contributed by atoms with Crippen LogP contribution in [0.25, 0.3) is 0 Å². The summed E-state index contributed by atoms with van der Waals surface area (Å²) >= 11 is 0. The third-order valence-corrected chi connectivity index (χ3v) is 1.83. The molecule has 0 amide bonds. The number of pyridine rings is 1. The zero-order valence-electron chi connectivity index (χ0n) is 8.24. The Morgan fingerprint density at radius 2 is 2.27 bits per heavy atom. The summed E-state index contributed by atoms with van der Waals surface area (Å²) in [5.41, 5.74) is 0.00508. The van der Waals surface area contributed by atoms with Crippen LogP contribution in [-0.2, 0) is 0 Å². The number of halogens is 1. The second kappa shape index (κ2) is 5.95. The van der Waals surface area contributed by atoms with Crippen molar-refractivity contribution in [1.29, 1.82) is 0 Å². The second-order valence-electron chi connectivity index (χ2n) is 3.04. The van der Waals surface area contributed by atoms with E-state index in [9.17, 15) is 9.18 Å². The number of anilines is 1. The van der Waals surface area contributed by atoms with E-state index in [0.29, 0.717) is 25.2 Å². The van der Waals surface area contributed by atoms with Gasteiger partial charge < -0.3 is 10.4 Å². The van der Waals surface area contributed by atoms with Crippen molar-refractivity contribution >= 4 is 11.8 Å². The lowest BCUT2D eigenvalue weighted by Crippen LogP contribution is -2.07. The molecule has 15 heavy (non-hydrogen) atoms. The van der Waals surface area contributed by atoms with E-state index in [-0.39, 0.29) is 12.4 Å². The van der Waals surface area contributed by atoms with Crippen molar-refractivity contribution in [2.24, 2.45) is 0 Å². The number of nitrogens with zero attached hydrogens (tertiary/aromatic N) is 1. The number of carboxylic acids is 1. The summed E-state index contributed by atoms with van der Waals surface area (Å²) in [7, 11) is 0. The molecule has 0 fully saturated rings. The molecule has 0 aromatic carbocycles. The Kier molecular flexibility index (Phi) is 4.53. The summed E-state index contributed by atoms with van der Waals surface area (Å²) in [5, 5.41) is 11.6. The Bertz CT molecular complexity index is 331. The maximum absolute atomic E-state index is 11.8. The minimum absolute atomic E-state index is 0.00508. The van der Waals surface area contributed by atoms with Crippen molar-refractivity contribution in [2.75, 3.05) is 18.5 Å². The smallest absolute Gasteiger partial charge is 0.354 e. The zero-order chi connectivity index (χ0) is 11.1. The van der Waals surface area contributed by atoms with Gasteiger partial charge in [0, 0.05) is 6.54 Å². The van der Waals surface area contributed by atoms with Gasteiger partial charge in [0.1, 0.15) is 5.82 Å². The molecule has 0 atom stereocenters. The number of carboxylic acid groups (broad SMARTS) is 1. The first-order valence-electron chi connectivity index (χ1n) is 4.74. The average Bonchev–Trinajstić information content (AvgIpc) is 2.25. The van der Waals surface area contributed by atoms with E-state index in [1.807, 2.05) is 0 Å². The molecule has 0 bridgehead atoms. The minimum atomic E-state index is -1.05. The number of aromatic nitrogens is 1. The maximum Gasteiger partial charge on any atom is 0.354 e. The number of unbranched alkanes of at least 4 members (excludes halogenated alkanes) is 1. The molecule has 0 unspecified atom stereocenters. The highest BCUT2D eigenvalue weighted by atomic mass is 19.1. The van der Waals surface area contributed by atoms with E-state index < -0.39 is 5.97 Å². The van der Waals surface area contributed by atoms with E-state index >= 15 is 0 Å². The molecule has 0 aliphatic rings. The molecule has 4 nitrogen and oxygen atoms in total. The van der Waals surface area contributed by atoms with Crippen molar-refractivity contribution in [3.8, 4) is 0 Å². The largest absolute Gasteiger partial charge is 0.477 e. The van der Waals surface area contributed by atoms with Gasteiger partial charge in [-0.05, 0) is 25.0 Å². The van der Waals surface area contributed by atoms with Gasteiger partial charge in [0.25, 0.3) is 0 Å². The SMILES string of the molecule is O=C(O)c1cccc(NCCCCF)n1.